The Balaban J connectivity index is 1.57. The van der Waals surface area contributed by atoms with Crippen molar-refractivity contribution in [1.29, 1.82) is 0 Å². The minimum atomic E-state index is -0.219. The summed E-state index contributed by atoms with van der Waals surface area (Å²) >= 11 is 0. The quantitative estimate of drug-likeness (QED) is 0.799. The molecule has 0 fully saturated rings. The lowest BCUT2D eigenvalue weighted by molar-refractivity contribution is 0.0940. The molecule has 0 radical (unpaired) electrons. The lowest BCUT2D eigenvalue weighted by Crippen LogP contribution is -2.43. The number of rotatable bonds is 3. The fourth-order valence-corrected chi connectivity index (χ4v) is 2.58. The first-order valence-corrected chi connectivity index (χ1v) is 7.29. The molecule has 0 aliphatic carbocycles. The number of amides is 1. The van der Waals surface area contributed by atoms with Crippen LogP contribution in [0.1, 0.15) is 16.8 Å². The zero-order valence-electron chi connectivity index (χ0n) is 12.2. The molecule has 0 spiro atoms. The van der Waals surface area contributed by atoms with E-state index in [-0.39, 0.29) is 12.1 Å². The first kappa shape index (κ1) is 13.4. The van der Waals surface area contributed by atoms with E-state index in [9.17, 15) is 4.79 Å². The normalized spacial score (nSPS) is 16.9. The van der Waals surface area contributed by atoms with E-state index in [4.69, 9.17) is 0 Å². The molecule has 7 heteroatoms. The molecule has 1 atom stereocenters. The van der Waals surface area contributed by atoms with Gasteiger partial charge in [-0.2, -0.15) is 10.2 Å². The molecule has 114 valence electrons. The van der Waals surface area contributed by atoms with Gasteiger partial charge in [0.1, 0.15) is 11.7 Å². The Hall–Kier alpha value is -3.22. The monoisotopic (exact) mass is 306 g/mol. The fourth-order valence-electron chi connectivity index (χ4n) is 2.58. The molecule has 1 unspecified atom stereocenters. The molecule has 0 bridgehead atoms. The number of anilines is 1. The highest BCUT2D eigenvalue weighted by Crippen LogP contribution is 2.21. The lowest BCUT2D eigenvalue weighted by atomic mass is 10.2. The summed E-state index contributed by atoms with van der Waals surface area (Å²) in [6.07, 6.45) is 7.15. The molecule has 0 saturated carbocycles. The summed E-state index contributed by atoms with van der Waals surface area (Å²) in [5.74, 6) is -0.213. The van der Waals surface area contributed by atoms with Crippen LogP contribution in [0, 0.1) is 0 Å². The van der Waals surface area contributed by atoms with E-state index in [1.54, 1.807) is 34.2 Å². The number of carbonyl (C=O) groups excluding carboxylic acids is 1. The maximum atomic E-state index is 12.6. The summed E-state index contributed by atoms with van der Waals surface area (Å²) in [4.78, 5) is 16.8. The molecule has 1 aliphatic rings. The van der Waals surface area contributed by atoms with Gasteiger partial charge in [0.2, 0.25) is 0 Å². The van der Waals surface area contributed by atoms with E-state index in [1.807, 2.05) is 30.3 Å². The van der Waals surface area contributed by atoms with E-state index >= 15 is 0 Å². The average Bonchev–Trinajstić information content (AvgIpc) is 3.22. The van der Waals surface area contributed by atoms with E-state index in [0.29, 0.717) is 17.6 Å². The van der Waals surface area contributed by atoms with Crippen LogP contribution in [0.25, 0.3) is 5.65 Å². The Labute approximate surface area is 132 Å². The Morgan fingerprint density at radius 2 is 2.09 bits per heavy atom. The third kappa shape index (κ3) is 2.42. The van der Waals surface area contributed by atoms with Crippen LogP contribution in [-0.4, -0.2) is 32.9 Å². The highest BCUT2D eigenvalue weighted by Gasteiger charge is 2.25. The third-order valence-electron chi connectivity index (χ3n) is 3.67. The third-order valence-corrected chi connectivity index (χ3v) is 3.67. The van der Waals surface area contributed by atoms with Gasteiger partial charge in [-0.15, -0.1) is 0 Å². The van der Waals surface area contributed by atoms with Crippen LogP contribution in [0.15, 0.2) is 60.1 Å². The second kappa shape index (κ2) is 5.53. The van der Waals surface area contributed by atoms with Crippen molar-refractivity contribution in [2.75, 3.05) is 5.01 Å². The van der Waals surface area contributed by atoms with Gasteiger partial charge in [-0.3, -0.25) is 4.79 Å². The van der Waals surface area contributed by atoms with Crippen molar-refractivity contribution in [3.8, 4) is 0 Å². The standard InChI is InChI=1S/C16H14N6O/c23-16(13-11-19-21-10-4-8-17-15(13)21)20-14-7-9-18-22(14)12-5-2-1-3-6-12/h1-6,8-11,14H,7H2,(H,20,23). The molecule has 1 N–H and O–H groups in total. The van der Waals surface area contributed by atoms with Gasteiger partial charge in [0, 0.05) is 25.0 Å². The fraction of sp³-hybridized carbons (Fsp3) is 0.125. The van der Waals surface area contributed by atoms with Crippen molar-refractivity contribution in [2.24, 2.45) is 5.10 Å². The summed E-state index contributed by atoms with van der Waals surface area (Å²) in [5, 5.41) is 13.3. The van der Waals surface area contributed by atoms with Gasteiger partial charge < -0.3 is 5.32 Å². The van der Waals surface area contributed by atoms with E-state index in [2.05, 4.69) is 20.5 Å². The average molecular weight is 306 g/mol. The number of nitrogens with one attached hydrogen (secondary N) is 1. The van der Waals surface area contributed by atoms with Crippen LogP contribution in [0.3, 0.4) is 0 Å². The van der Waals surface area contributed by atoms with Crippen molar-refractivity contribution in [1.82, 2.24) is 19.9 Å². The van der Waals surface area contributed by atoms with Crippen LogP contribution in [-0.2, 0) is 0 Å². The van der Waals surface area contributed by atoms with Gasteiger partial charge in [-0.25, -0.2) is 14.5 Å². The molecular formula is C16H14N6O. The smallest absolute Gasteiger partial charge is 0.258 e. The number of benzene rings is 1. The van der Waals surface area contributed by atoms with Crippen molar-refractivity contribution < 1.29 is 4.79 Å². The highest BCUT2D eigenvalue weighted by atomic mass is 16.2. The van der Waals surface area contributed by atoms with Gasteiger partial charge in [-0.05, 0) is 18.2 Å². The molecule has 7 nitrogen and oxygen atoms in total. The number of nitrogens with zero attached hydrogens (tertiary/aromatic N) is 5. The number of hydrogen-bond donors (Lipinski definition) is 1. The Morgan fingerprint density at radius 1 is 1.22 bits per heavy atom. The van der Waals surface area contributed by atoms with Crippen LogP contribution in [0.2, 0.25) is 0 Å². The largest absolute Gasteiger partial charge is 0.330 e. The molecule has 4 rings (SSSR count). The first-order chi connectivity index (χ1) is 11.3. The first-order valence-electron chi connectivity index (χ1n) is 7.29. The molecule has 0 saturated heterocycles. The number of para-hydroxylation sites is 1. The SMILES string of the molecule is O=C(NC1CC=NN1c1ccccc1)c1cnn2cccnc12. The molecule has 1 amide bonds. The van der Waals surface area contributed by atoms with Crippen molar-refractivity contribution >= 4 is 23.5 Å². The lowest BCUT2D eigenvalue weighted by Gasteiger charge is -2.24. The number of hydrazone groups is 1. The molecule has 3 aromatic rings. The summed E-state index contributed by atoms with van der Waals surface area (Å²) < 4.78 is 1.58. The topological polar surface area (TPSA) is 74.9 Å². The van der Waals surface area contributed by atoms with Crippen LogP contribution >= 0.6 is 0 Å². The van der Waals surface area contributed by atoms with Crippen LogP contribution in [0.4, 0.5) is 5.69 Å². The zero-order chi connectivity index (χ0) is 15.6. The van der Waals surface area contributed by atoms with E-state index in [1.165, 1.54) is 6.20 Å². The van der Waals surface area contributed by atoms with Gasteiger partial charge in [0.05, 0.1) is 11.9 Å². The maximum absolute atomic E-state index is 12.6. The second-order valence-corrected chi connectivity index (χ2v) is 5.15. The van der Waals surface area contributed by atoms with Crippen LogP contribution < -0.4 is 10.3 Å². The molecule has 1 aromatic carbocycles. The number of carbonyl (C=O) groups is 1. The number of aromatic nitrogens is 3. The van der Waals surface area contributed by atoms with Crippen LogP contribution in [0.5, 0.6) is 0 Å². The summed E-state index contributed by atoms with van der Waals surface area (Å²) in [7, 11) is 0. The predicted octanol–water partition coefficient (Wildman–Crippen LogP) is 1.68. The number of fused-ring (bicyclic) bond motifs is 1. The van der Waals surface area contributed by atoms with Crippen molar-refractivity contribution in [3.63, 3.8) is 0 Å². The zero-order valence-corrected chi connectivity index (χ0v) is 12.2. The highest BCUT2D eigenvalue weighted by molar-refractivity contribution is 6.00. The molecule has 1 aliphatic heterocycles. The molecular weight excluding hydrogens is 292 g/mol. The van der Waals surface area contributed by atoms with Crippen molar-refractivity contribution in [3.05, 3.63) is 60.6 Å². The van der Waals surface area contributed by atoms with Gasteiger partial charge >= 0.3 is 0 Å². The summed E-state index contributed by atoms with van der Waals surface area (Å²) in [6, 6.07) is 11.5. The molecule has 23 heavy (non-hydrogen) atoms. The van der Waals surface area contributed by atoms with Gasteiger partial charge in [0.25, 0.3) is 5.91 Å². The van der Waals surface area contributed by atoms with Gasteiger partial charge in [0.15, 0.2) is 5.65 Å². The minimum absolute atomic E-state index is 0.213. The molecule has 2 aromatic heterocycles. The van der Waals surface area contributed by atoms with Crippen molar-refractivity contribution in [2.45, 2.75) is 12.6 Å². The molecule has 3 heterocycles. The minimum Gasteiger partial charge on any atom is -0.330 e. The Bertz CT molecular complexity index is 872. The number of hydrogen-bond acceptors (Lipinski definition) is 5. The Morgan fingerprint density at radius 3 is 2.96 bits per heavy atom. The summed E-state index contributed by atoms with van der Waals surface area (Å²) in [5.41, 5.74) is 1.92. The van der Waals surface area contributed by atoms with E-state index in [0.717, 1.165) is 5.69 Å². The maximum Gasteiger partial charge on any atom is 0.258 e. The predicted molar refractivity (Wildman–Crippen MR) is 86.3 cm³/mol. The summed E-state index contributed by atoms with van der Waals surface area (Å²) in [6.45, 7) is 0. The second-order valence-electron chi connectivity index (χ2n) is 5.15. The van der Waals surface area contributed by atoms with E-state index < -0.39 is 0 Å². The Kier molecular flexibility index (Phi) is 3.23. The van der Waals surface area contributed by atoms with Gasteiger partial charge in [-0.1, -0.05) is 18.2 Å².